The third-order valence-corrected chi connectivity index (χ3v) is 5.60. The van der Waals surface area contributed by atoms with Crippen molar-refractivity contribution < 1.29 is 9.18 Å². The molecule has 0 aliphatic carbocycles. The Morgan fingerprint density at radius 3 is 2.57 bits per heavy atom. The molecule has 0 saturated heterocycles. The highest BCUT2D eigenvalue weighted by Crippen LogP contribution is 2.32. The molecule has 0 N–H and O–H groups in total. The standard InChI is InChI=1S/C23H18ClFN4O/c1-15-6-4-7-16(12-15)29-22(27-10-2-3-11-27)17-13-28(14-20(17)26-29)23(30)21-18(24)8-5-9-19(21)25/h2-12H,13-14H2,1H3. The van der Waals surface area contributed by atoms with Crippen molar-refractivity contribution in [1.29, 1.82) is 0 Å². The Kier molecular flexibility index (Phi) is 4.44. The molecular formula is C23H18ClFN4O. The van der Waals surface area contributed by atoms with Crippen molar-refractivity contribution in [1.82, 2.24) is 19.2 Å². The summed E-state index contributed by atoms with van der Waals surface area (Å²) in [5.74, 6) is -0.181. The molecule has 0 fully saturated rings. The molecule has 2 aromatic carbocycles. The van der Waals surface area contributed by atoms with E-state index in [0.717, 1.165) is 28.3 Å². The van der Waals surface area contributed by atoms with Crippen molar-refractivity contribution in [3.05, 3.63) is 100 Å². The van der Waals surface area contributed by atoms with Gasteiger partial charge in [0, 0.05) is 18.0 Å². The first-order chi connectivity index (χ1) is 14.5. The summed E-state index contributed by atoms with van der Waals surface area (Å²) in [6.45, 7) is 2.67. The van der Waals surface area contributed by atoms with Crippen LogP contribution in [0.15, 0.2) is 67.0 Å². The molecule has 1 amide bonds. The lowest BCUT2D eigenvalue weighted by atomic mass is 10.2. The molecule has 0 spiro atoms. The Labute approximate surface area is 177 Å². The Hall–Kier alpha value is -3.38. The van der Waals surface area contributed by atoms with E-state index < -0.39 is 11.7 Å². The monoisotopic (exact) mass is 420 g/mol. The van der Waals surface area contributed by atoms with E-state index in [0.29, 0.717) is 13.1 Å². The predicted molar refractivity (Wildman–Crippen MR) is 113 cm³/mol. The number of fused-ring (bicyclic) bond motifs is 1. The zero-order valence-corrected chi connectivity index (χ0v) is 17.0. The topological polar surface area (TPSA) is 43.1 Å². The summed E-state index contributed by atoms with van der Waals surface area (Å²) in [5, 5.41) is 4.92. The lowest BCUT2D eigenvalue weighted by Crippen LogP contribution is -2.27. The number of benzene rings is 2. The normalized spacial score (nSPS) is 13.0. The SMILES string of the molecule is Cc1cccc(-n2nc3c(c2-n2cccc2)CN(C(=O)c2c(F)cccc2Cl)C3)c1. The fraction of sp³-hybridized carbons (Fsp3) is 0.130. The zero-order valence-electron chi connectivity index (χ0n) is 16.2. The molecule has 5 nitrogen and oxygen atoms in total. The fourth-order valence-corrected chi connectivity index (χ4v) is 4.13. The number of carbonyl (C=O) groups excluding carboxylic acids is 1. The van der Waals surface area contributed by atoms with Gasteiger partial charge in [-0.15, -0.1) is 0 Å². The smallest absolute Gasteiger partial charge is 0.259 e. The predicted octanol–water partition coefficient (Wildman–Crippen LogP) is 4.92. The van der Waals surface area contributed by atoms with Gasteiger partial charge >= 0.3 is 0 Å². The highest BCUT2D eigenvalue weighted by Gasteiger charge is 2.33. The highest BCUT2D eigenvalue weighted by molar-refractivity contribution is 6.33. The maximum atomic E-state index is 14.3. The summed E-state index contributed by atoms with van der Waals surface area (Å²) in [4.78, 5) is 14.6. The van der Waals surface area contributed by atoms with Crippen LogP contribution >= 0.6 is 11.6 Å². The van der Waals surface area contributed by atoms with E-state index in [4.69, 9.17) is 16.7 Å². The molecule has 3 heterocycles. The quantitative estimate of drug-likeness (QED) is 0.472. The van der Waals surface area contributed by atoms with Gasteiger partial charge in [-0.2, -0.15) is 5.10 Å². The van der Waals surface area contributed by atoms with Gasteiger partial charge in [-0.25, -0.2) is 9.07 Å². The Bertz CT molecular complexity index is 1240. The minimum atomic E-state index is -0.618. The van der Waals surface area contributed by atoms with Crippen molar-refractivity contribution in [3.63, 3.8) is 0 Å². The Morgan fingerprint density at radius 2 is 1.83 bits per heavy atom. The molecule has 7 heteroatoms. The number of aromatic nitrogens is 3. The molecule has 0 radical (unpaired) electrons. The van der Waals surface area contributed by atoms with Gasteiger partial charge in [0.05, 0.1) is 35.1 Å². The molecule has 5 rings (SSSR count). The minimum Gasteiger partial charge on any atom is -0.328 e. The van der Waals surface area contributed by atoms with Gasteiger partial charge < -0.3 is 9.47 Å². The van der Waals surface area contributed by atoms with E-state index in [1.165, 1.54) is 18.2 Å². The molecule has 0 saturated carbocycles. The molecule has 1 aliphatic heterocycles. The summed E-state index contributed by atoms with van der Waals surface area (Å²) in [5.41, 5.74) is 3.71. The van der Waals surface area contributed by atoms with Crippen LogP contribution in [0.1, 0.15) is 27.2 Å². The van der Waals surface area contributed by atoms with Gasteiger partial charge in [0.25, 0.3) is 5.91 Å². The number of rotatable bonds is 3. The summed E-state index contributed by atoms with van der Waals surface area (Å²) >= 11 is 6.11. The third kappa shape index (κ3) is 3.00. The van der Waals surface area contributed by atoms with Crippen LogP contribution in [0.25, 0.3) is 11.5 Å². The van der Waals surface area contributed by atoms with Crippen LogP contribution in [0, 0.1) is 12.7 Å². The number of carbonyl (C=O) groups is 1. The van der Waals surface area contributed by atoms with E-state index in [1.807, 2.05) is 58.9 Å². The van der Waals surface area contributed by atoms with Gasteiger partial charge in [-0.3, -0.25) is 4.79 Å². The second-order valence-corrected chi connectivity index (χ2v) is 7.76. The number of nitrogens with zero attached hydrogens (tertiary/aromatic N) is 4. The van der Waals surface area contributed by atoms with Gasteiger partial charge in [0.15, 0.2) is 0 Å². The first kappa shape index (κ1) is 18.6. The average Bonchev–Trinajstić information content (AvgIpc) is 3.43. The summed E-state index contributed by atoms with van der Waals surface area (Å²) < 4.78 is 18.2. The second kappa shape index (κ2) is 7.15. The van der Waals surface area contributed by atoms with Crippen LogP contribution in [0.2, 0.25) is 5.02 Å². The van der Waals surface area contributed by atoms with Crippen LogP contribution in [0.5, 0.6) is 0 Å². The van der Waals surface area contributed by atoms with Crippen LogP contribution in [0.3, 0.4) is 0 Å². The van der Waals surface area contributed by atoms with Crippen LogP contribution < -0.4 is 0 Å². The first-order valence-electron chi connectivity index (χ1n) is 9.57. The van der Waals surface area contributed by atoms with Gasteiger partial charge in [0.1, 0.15) is 11.6 Å². The molecular weight excluding hydrogens is 403 g/mol. The minimum absolute atomic E-state index is 0.0987. The molecule has 1 aliphatic rings. The Balaban J connectivity index is 1.57. The van der Waals surface area contributed by atoms with E-state index in [9.17, 15) is 9.18 Å². The van der Waals surface area contributed by atoms with Gasteiger partial charge in [0.2, 0.25) is 0 Å². The zero-order chi connectivity index (χ0) is 20.8. The van der Waals surface area contributed by atoms with Crippen LogP contribution in [0.4, 0.5) is 4.39 Å². The fourth-order valence-electron chi connectivity index (χ4n) is 3.89. The first-order valence-corrected chi connectivity index (χ1v) is 9.95. The van der Waals surface area contributed by atoms with Crippen molar-refractivity contribution in [2.24, 2.45) is 0 Å². The van der Waals surface area contributed by atoms with E-state index >= 15 is 0 Å². The van der Waals surface area contributed by atoms with E-state index in [-0.39, 0.29) is 10.6 Å². The largest absolute Gasteiger partial charge is 0.328 e. The second-order valence-electron chi connectivity index (χ2n) is 7.35. The number of hydrogen-bond donors (Lipinski definition) is 0. The molecule has 0 bridgehead atoms. The summed E-state index contributed by atoms with van der Waals surface area (Å²) in [6.07, 6.45) is 3.89. The van der Waals surface area contributed by atoms with E-state index in [1.54, 1.807) is 4.90 Å². The number of halogens is 2. The number of amides is 1. The van der Waals surface area contributed by atoms with Crippen molar-refractivity contribution >= 4 is 17.5 Å². The molecule has 0 atom stereocenters. The van der Waals surface area contributed by atoms with Gasteiger partial charge in [-0.1, -0.05) is 29.8 Å². The van der Waals surface area contributed by atoms with Crippen molar-refractivity contribution in [2.45, 2.75) is 20.0 Å². The highest BCUT2D eigenvalue weighted by atomic mass is 35.5. The maximum Gasteiger partial charge on any atom is 0.259 e. The molecule has 0 unspecified atom stereocenters. The molecule has 30 heavy (non-hydrogen) atoms. The van der Waals surface area contributed by atoms with Crippen molar-refractivity contribution in [3.8, 4) is 11.5 Å². The van der Waals surface area contributed by atoms with E-state index in [2.05, 4.69) is 6.07 Å². The van der Waals surface area contributed by atoms with Crippen LogP contribution in [-0.2, 0) is 13.1 Å². The van der Waals surface area contributed by atoms with Crippen LogP contribution in [-0.4, -0.2) is 25.2 Å². The molecule has 2 aromatic heterocycles. The lowest BCUT2D eigenvalue weighted by Gasteiger charge is -2.18. The third-order valence-electron chi connectivity index (χ3n) is 5.29. The molecule has 4 aromatic rings. The number of hydrogen-bond acceptors (Lipinski definition) is 2. The summed E-state index contributed by atoms with van der Waals surface area (Å²) in [6, 6.07) is 16.2. The van der Waals surface area contributed by atoms with Crippen molar-refractivity contribution in [2.75, 3.05) is 0 Å². The lowest BCUT2D eigenvalue weighted by molar-refractivity contribution is 0.0744. The maximum absolute atomic E-state index is 14.3. The Morgan fingerprint density at radius 1 is 1.07 bits per heavy atom. The number of aryl methyl sites for hydroxylation is 1. The van der Waals surface area contributed by atoms with Gasteiger partial charge in [-0.05, 0) is 48.9 Å². The average molecular weight is 421 g/mol. The summed E-state index contributed by atoms with van der Waals surface area (Å²) in [7, 11) is 0. The molecule has 150 valence electrons.